The quantitative estimate of drug-likeness (QED) is 0.802. The first-order valence-corrected chi connectivity index (χ1v) is 7.78. The average molecular weight is 311 g/mol. The zero-order chi connectivity index (χ0) is 15.9. The smallest absolute Gasteiger partial charge is 0.287 e. The highest BCUT2D eigenvalue weighted by Crippen LogP contribution is 2.37. The van der Waals surface area contributed by atoms with Crippen molar-refractivity contribution in [3.8, 4) is 0 Å². The largest absolute Gasteiger partial charge is 0.451 e. The Morgan fingerprint density at radius 2 is 2.04 bits per heavy atom. The molecule has 1 aliphatic carbocycles. The zero-order valence-electron chi connectivity index (χ0n) is 12.8. The molecule has 1 aromatic carbocycles. The van der Waals surface area contributed by atoms with Crippen LogP contribution in [0.5, 0.6) is 0 Å². The maximum Gasteiger partial charge on any atom is 0.287 e. The van der Waals surface area contributed by atoms with E-state index < -0.39 is 5.54 Å². The summed E-state index contributed by atoms with van der Waals surface area (Å²) in [5.74, 6) is 1.12. The van der Waals surface area contributed by atoms with Gasteiger partial charge in [0.1, 0.15) is 11.1 Å². The van der Waals surface area contributed by atoms with Crippen LogP contribution < -0.4 is 5.32 Å². The molecule has 1 saturated carbocycles. The number of carbonyl (C=O) groups is 1. The van der Waals surface area contributed by atoms with Crippen molar-refractivity contribution >= 4 is 16.9 Å². The highest BCUT2D eigenvalue weighted by Gasteiger charge is 2.41. The van der Waals surface area contributed by atoms with E-state index in [0.717, 1.165) is 31.1 Å². The van der Waals surface area contributed by atoms with Crippen LogP contribution in [-0.4, -0.2) is 16.0 Å². The number of para-hydroxylation sites is 1. The minimum absolute atomic E-state index is 0.245. The highest BCUT2D eigenvalue weighted by atomic mass is 16.5. The average Bonchev–Trinajstić information content (AvgIpc) is 3.25. The van der Waals surface area contributed by atoms with Gasteiger partial charge in [-0.05, 0) is 25.0 Å². The highest BCUT2D eigenvalue weighted by molar-refractivity contribution is 5.96. The lowest BCUT2D eigenvalue weighted by Gasteiger charge is -2.26. The van der Waals surface area contributed by atoms with E-state index in [-0.39, 0.29) is 5.91 Å². The predicted molar refractivity (Wildman–Crippen MR) is 82.9 cm³/mol. The molecule has 23 heavy (non-hydrogen) atoms. The van der Waals surface area contributed by atoms with Crippen molar-refractivity contribution in [2.75, 3.05) is 0 Å². The van der Waals surface area contributed by atoms with Gasteiger partial charge in [-0.1, -0.05) is 36.2 Å². The fourth-order valence-corrected chi connectivity index (χ4v) is 3.25. The summed E-state index contributed by atoms with van der Waals surface area (Å²) in [6, 6.07) is 9.33. The maximum atomic E-state index is 12.7. The molecule has 1 aliphatic rings. The number of hydrogen-bond donors (Lipinski definition) is 1. The standard InChI is InChI=1S/C17H17N3O3/c1-11-18-16(20-23-11)17(8-4-5-9-17)19-15(21)14-10-12-6-2-3-7-13(12)22-14/h2-3,6-7,10H,4-5,8-9H2,1H3,(H,19,21). The lowest BCUT2D eigenvalue weighted by molar-refractivity contribution is 0.0865. The van der Waals surface area contributed by atoms with Gasteiger partial charge in [0.05, 0.1) is 0 Å². The van der Waals surface area contributed by atoms with Gasteiger partial charge in [0.2, 0.25) is 5.89 Å². The molecule has 1 N–H and O–H groups in total. The summed E-state index contributed by atoms with van der Waals surface area (Å²) in [4.78, 5) is 17.0. The van der Waals surface area contributed by atoms with E-state index in [4.69, 9.17) is 8.94 Å². The van der Waals surface area contributed by atoms with Gasteiger partial charge < -0.3 is 14.3 Å². The van der Waals surface area contributed by atoms with E-state index in [2.05, 4.69) is 15.5 Å². The van der Waals surface area contributed by atoms with Crippen molar-refractivity contribution in [1.29, 1.82) is 0 Å². The first kappa shape index (κ1) is 14.0. The van der Waals surface area contributed by atoms with Gasteiger partial charge in [0, 0.05) is 12.3 Å². The summed E-state index contributed by atoms with van der Waals surface area (Å²) in [6.07, 6.45) is 3.65. The fourth-order valence-electron chi connectivity index (χ4n) is 3.25. The van der Waals surface area contributed by atoms with Gasteiger partial charge in [0.15, 0.2) is 11.6 Å². The van der Waals surface area contributed by atoms with Gasteiger partial charge in [-0.3, -0.25) is 4.79 Å². The van der Waals surface area contributed by atoms with Gasteiger partial charge >= 0.3 is 0 Å². The van der Waals surface area contributed by atoms with E-state index in [9.17, 15) is 4.79 Å². The third-order valence-electron chi connectivity index (χ3n) is 4.41. The number of hydrogen-bond acceptors (Lipinski definition) is 5. The Morgan fingerprint density at radius 3 is 2.74 bits per heavy atom. The normalized spacial score (nSPS) is 16.7. The first-order valence-electron chi connectivity index (χ1n) is 7.78. The van der Waals surface area contributed by atoms with Crippen molar-refractivity contribution in [2.45, 2.75) is 38.1 Å². The molecule has 0 aliphatic heterocycles. The number of benzene rings is 1. The van der Waals surface area contributed by atoms with Crippen LogP contribution in [0.15, 0.2) is 39.3 Å². The molecule has 2 heterocycles. The first-order chi connectivity index (χ1) is 11.2. The Bertz CT molecular complexity index is 826. The van der Waals surface area contributed by atoms with E-state index >= 15 is 0 Å². The van der Waals surface area contributed by atoms with Crippen LogP contribution in [0.25, 0.3) is 11.0 Å². The van der Waals surface area contributed by atoms with Crippen LogP contribution in [0.2, 0.25) is 0 Å². The van der Waals surface area contributed by atoms with Crippen LogP contribution in [0.4, 0.5) is 0 Å². The number of furan rings is 1. The Balaban J connectivity index is 1.65. The summed E-state index contributed by atoms with van der Waals surface area (Å²) >= 11 is 0. The summed E-state index contributed by atoms with van der Waals surface area (Å²) in [6.45, 7) is 1.75. The van der Waals surface area contributed by atoms with Gasteiger partial charge in [-0.15, -0.1) is 0 Å². The number of aryl methyl sites for hydroxylation is 1. The second-order valence-electron chi connectivity index (χ2n) is 6.03. The second-order valence-corrected chi connectivity index (χ2v) is 6.03. The molecule has 0 atom stereocenters. The Morgan fingerprint density at radius 1 is 1.26 bits per heavy atom. The molecule has 6 heteroatoms. The molecule has 0 saturated heterocycles. The summed E-state index contributed by atoms with van der Waals surface area (Å²) < 4.78 is 10.8. The van der Waals surface area contributed by atoms with Crippen molar-refractivity contribution in [2.24, 2.45) is 0 Å². The minimum Gasteiger partial charge on any atom is -0.451 e. The van der Waals surface area contributed by atoms with Crippen LogP contribution in [0, 0.1) is 6.92 Å². The van der Waals surface area contributed by atoms with Crippen molar-refractivity contribution in [3.63, 3.8) is 0 Å². The number of nitrogens with zero attached hydrogens (tertiary/aromatic N) is 2. The molecular weight excluding hydrogens is 294 g/mol. The number of carbonyl (C=O) groups excluding carboxylic acids is 1. The molecule has 0 radical (unpaired) electrons. The van der Waals surface area contributed by atoms with Crippen molar-refractivity contribution < 1.29 is 13.7 Å². The van der Waals surface area contributed by atoms with Crippen molar-refractivity contribution in [3.05, 3.63) is 47.8 Å². The van der Waals surface area contributed by atoms with Gasteiger partial charge in [-0.25, -0.2) is 0 Å². The third kappa shape index (κ3) is 2.40. The van der Waals surface area contributed by atoms with Crippen LogP contribution in [0.3, 0.4) is 0 Å². The molecule has 3 aromatic rings. The molecule has 2 aromatic heterocycles. The number of aromatic nitrogens is 2. The Labute approximate surface area is 132 Å². The number of nitrogens with one attached hydrogen (secondary N) is 1. The predicted octanol–water partition coefficient (Wildman–Crippen LogP) is 3.32. The van der Waals surface area contributed by atoms with E-state index in [1.165, 1.54) is 0 Å². The molecule has 4 rings (SSSR count). The molecule has 0 unspecified atom stereocenters. The van der Waals surface area contributed by atoms with E-state index in [1.54, 1.807) is 13.0 Å². The lowest BCUT2D eigenvalue weighted by atomic mass is 9.96. The minimum atomic E-state index is -0.562. The number of amides is 1. The topological polar surface area (TPSA) is 81.2 Å². The molecule has 0 spiro atoms. The molecular formula is C17H17N3O3. The number of rotatable bonds is 3. The molecule has 0 bridgehead atoms. The van der Waals surface area contributed by atoms with E-state index in [1.807, 2.05) is 24.3 Å². The SMILES string of the molecule is Cc1nc(C2(NC(=O)c3cc4ccccc4o3)CCCC2)no1. The Kier molecular flexibility index (Phi) is 3.18. The lowest BCUT2D eigenvalue weighted by Crippen LogP contribution is -2.44. The maximum absolute atomic E-state index is 12.7. The summed E-state index contributed by atoms with van der Waals surface area (Å²) in [5, 5.41) is 8.02. The van der Waals surface area contributed by atoms with Crippen LogP contribution >= 0.6 is 0 Å². The molecule has 1 fully saturated rings. The molecule has 1 amide bonds. The molecule has 6 nitrogen and oxygen atoms in total. The van der Waals surface area contributed by atoms with Gasteiger partial charge in [0.25, 0.3) is 5.91 Å². The third-order valence-corrected chi connectivity index (χ3v) is 4.41. The van der Waals surface area contributed by atoms with Crippen LogP contribution in [-0.2, 0) is 5.54 Å². The fraction of sp³-hybridized carbons (Fsp3) is 0.353. The number of fused-ring (bicyclic) bond motifs is 1. The summed E-state index contributed by atoms with van der Waals surface area (Å²) in [7, 11) is 0. The monoisotopic (exact) mass is 311 g/mol. The zero-order valence-corrected chi connectivity index (χ0v) is 12.8. The van der Waals surface area contributed by atoms with E-state index in [0.29, 0.717) is 23.1 Å². The van der Waals surface area contributed by atoms with Crippen LogP contribution in [0.1, 0.15) is 48.0 Å². The molecule has 118 valence electrons. The van der Waals surface area contributed by atoms with Gasteiger partial charge in [-0.2, -0.15) is 4.98 Å². The Hall–Kier alpha value is -2.63. The van der Waals surface area contributed by atoms with Crippen molar-refractivity contribution in [1.82, 2.24) is 15.5 Å². The second kappa shape index (κ2) is 5.22. The summed E-state index contributed by atoms with van der Waals surface area (Å²) in [5.41, 5.74) is 0.141.